The average Bonchev–Trinajstić information content (AvgIpc) is 3.67. The van der Waals surface area contributed by atoms with Crippen LogP contribution >= 0.6 is 0 Å². The molecule has 1 amide bonds. The van der Waals surface area contributed by atoms with Gasteiger partial charge in [-0.3, -0.25) is 5.32 Å². The van der Waals surface area contributed by atoms with Gasteiger partial charge in [-0.2, -0.15) is 0 Å². The van der Waals surface area contributed by atoms with Gasteiger partial charge in [0.2, 0.25) is 0 Å². The lowest BCUT2D eigenvalue weighted by molar-refractivity contribution is 0.0985. The second kappa shape index (κ2) is 9.14. The second-order valence-corrected chi connectivity index (χ2v) is 11.2. The third-order valence-corrected chi connectivity index (χ3v) is 9.14. The molecule has 0 unspecified atom stereocenters. The zero-order valence-corrected chi connectivity index (χ0v) is 20.3. The quantitative estimate of drug-likeness (QED) is 0.507. The van der Waals surface area contributed by atoms with Gasteiger partial charge in [-0.25, -0.2) is 27.6 Å². The Kier molecular flexibility index (Phi) is 6.13. The van der Waals surface area contributed by atoms with Crippen molar-refractivity contribution in [1.29, 1.82) is 0 Å². The number of hydrogen-bond donors (Lipinski definition) is 2. The molecule has 9 nitrogen and oxygen atoms in total. The monoisotopic (exact) mass is 512 g/mol. The summed E-state index contributed by atoms with van der Waals surface area (Å²) in [6.07, 6.45) is -0.544. The van der Waals surface area contributed by atoms with E-state index in [-0.39, 0.29) is 10.9 Å². The van der Waals surface area contributed by atoms with E-state index in [1.165, 1.54) is 18.2 Å². The van der Waals surface area contributed by atoms with Crippen LogP contribution in [0.4, 0.5) is 20.7 Å². The average molecular weight is 513 g/mol. The Balaban J connectivity index is 1.62. The standard InChI is InChI=1S/C25H25FN4O5S/c1-16-15-35-13-12-30(16)22-14-21(25(10-11-25)36(33,34)20-5-3-2-4-19(20)26)28-23(29-22)17-6-8-18(9-7-17)27-24(31)32/h2-9,14,16,27H,10-13,15H2,1H3,(H,31,32)/t16-/m0/s1. The van der Waals surface area contributed by atoms with Gasteiger partial charge in [0.05, 0.1) is 24.9 Å². The number of carboxylic acid groups (broad SMARTS) is 1. The van der Waals surface area contributed by atoms with Gasteiger partial charge in [-0.05, 0) is 56.2 Å². The van der Waals surface area contributed by atoms with E-state index >= 15 is 0 Å². The summed E-state index contributed by atoms with van der Waals surface area (Å²) >= 11 is 0. The van der Waals surface area contributed by atoms with Crippen LogP contribution in [0.5, 0.6) is 0 Å². The number of nitrogens with zero attached hydrogens (tertiary/aromatic N) is 3. The predicted molar refractivity (Wildman–Crippen MR) is 131 cm³/mol. The number of hydrogen-bond acceptors (Lipinski definition) is 7. The fourth-order valence-corrected chi connectivity index (χ4v) is 6.51. The fraction of sp³-hybridized carbons (Fsp3) is 0.320. The summed E-state index contributed by atoms with van der Waals surface area (Å²) in [7, 11) is -4.08. The molecule has 5 rings (SSSR count). The summed E-state index contributed by atoms with van der Waals surface area (Å²) in [6, 6.07) is 13.6. The van der Waals surface area contributed by atoms with Crippen LogP contribution in [0.15, 0.2) is 59.5 Å². The zero-order chi connectivity index (χ0) is 25.5. The SMILES string of the molecule is C[C@H]1COCCN1c1cc(C2(S(=O)(=O)c3ccccc3F)CC2)nc(-c2ccc(NC(=O)O)cc2)n1. The number of nitrogens with one attached hydrogen (secondary N) is 1. The highest BCUT2D eigenvalue weighted by Gasteiger charge is 2.58. The van der Waals surface area contributed by atoms with Crippen molar-refractivity contribution in [2.75, 3.05) is 30.0 Å². The maximum atomic E-state index is 14.6. The molecule has 2 aliphatic rings. The van der Waals surface area contributed by atoms with E-state index in [4.69, 9.17) is 14.8 Å². The van der Waals surface area contributed by atoms with E-state index in [2.05, 4.69) is 10.3 Å². The molecule has 2 heterocycles. The van der Waals surface area contributed by atoms with E-state index in [1.807, 2.05) is 11.8 Å². The maximum absolute atomic E-state index is 14.6. The lowest BCUT2D eigenvalue weighted by Crippen LogP contribution is -2.44. The van der Waals surface area contributed by atoms with Crippen molar-refractivity contribution in [2.24, 2.45) is 0 Å². The van der Waals surface area contributed by atoms with Crippen LogP contribution in [0, 0.1) is 5.82 Å². The number of rotatable bonds is 6. The number of halogens is 1. The summed E-state index contributed by atoms with van der Waals surface area (Å²) in [5.74, 6) is 0.0771. The van der Waals surface area contributed by atoms with E-state index in [0.717, 1.165) is 6.07 Å². The van der Waals surface area contributed by atoms with E-state index in [0.29, 0.717) is 61.2 Å². The van der Waals surface area contributed by atoms with Gasteiger partial charge in [0, 0.05) is 23.9 Å². The van der Waals surface area contributed by atoms with Crippen molar-refractivity contribution in [3.05, 3.63) is 66.1 Å². The number of amides is 1. The van der Waals surface area contributed by atoms with Crippen LogP contribution in [0.3, 0.4) is 0 Å². The first-order valence-electron chi connectivity index (χ1n) is 11.5. The number of aromatic nitrogens is 2. The van der Waals surface area contributed by atoms with E-state index in [9.17, 15) is 17.6 Å². The highest BCUT2D eigenvalue weighted by atomic mass is 32.2. The highest BCUT2D eigenvalue weighted by Crippen LogP contribution is 2.55. The molecule has 3 aromatic rings. The highest BCUT2D eigenvalue weighted by molar-refractivity contribution is 7.92. The predicted octanol–water partition coefficient (Wildman–Crippen LogP) is 4.06. The molecular weight excluding hydrogens is 487 g/mol. The van der Waals surface area contributed by atoms with Crippen molar-refractivity contribution in [3.8, 4) is 11.4 Å². The van der Waals surface area contributed by atoms with Gasteiger partial charge in [0.25, 0.3) is 0 Å². The lowest BCUT2D eigenvalue weighted by Gasteiger charge is -2.34. The minimum atomic E-state index is -4.08. The first kappa shape index (κ1) is 24.1. The van der Waals surface area contributed by atoms with Crippen LogP contribution in [0.2, 0.25) is 0 Å². The molecule has 0 bridgehead atoms. The van der Waals surface area contributed by atoms with Gasteiger partial charge < -0.3 is 14.7 Å². The molecule has 36 heavy (non-hydrogen) atoms. The summed E-state index contributed by atoms with van der Waals surface area (Å²) in [6.45, 7) is 3.58. The Bertz CT molecular complexity index is 1410. The summed E-state index contributed by atoms with van der Waals surface area (Å²) in [5, 5.41) is 11.2. The molecule has 1 aromatic heterocycles. The molecule has 1 aliphatic carbocycles. The first-order valence-corrected chi connectivity index (χ1v) is 13.0. The molecule has 2 N–H and O–H groups in total. The van der Waals surface area contributed by atoms with Crippen LogP contribution in [-0.4, -0.2) is 55.4 Å². The molecule has 2 aromatic carbocycles. The Morgan fingerprint density at radius 1 is 1.17 bits per heavy atom. The number of sulfone groups is 1. The van der Waals surface area contributed by atoms with Crippen LogP contribution in [-0.2, 0) is 19.3 Å². The molecule has 0 spiro atoms. The molecule has 2 fully saturated rings. The van der Waals surface area contributed by atoms with Gasteiger partial charge in [0.1, 0.15) is 21.3 Å². The molecule has 0 radical (unpaired) electrons. The third kappa shape index (κ3) is 4.28. The fourth-order valence-electron chi connectivity index (χ4n) is 4.49. The Hall–Kier alpha value is -3.57. The molecule has 188 valence electrons. The minimum Gasteiger partial charge on any atom is -0.465 e. The van der Waals surface area contributed by atoms with E-state index < -0.39 is 26.5 Å². The van der Waals surface area contributed by atoms with Crippen molar-refractivity contribution in [3.63, 3.8) is 0 Å². The number of benzene rings is 2. The topological polar surface area (TPSA) is 122 Å². The van der Waals surface area contributed by atoms with Crippen molar-refractivity contribution < 1.29 is 27.4 Å². The number of ether oxygens (including phenoxy) is 1. The summed E-state index contributed by atoms with van der Waals surface area (Å²) in [5.41, 5.74) is 1.29. The van der Waals surface area contributed by atoms with Gasteiger partial charge in [0.15, 0.2) is 15.7 Å². The second-order valence-electron chi connectivity index (χ2n) is 8.99. The van der Waals surface area contributed by atoms with Gasteiger partial charge >= 0.3 is 6.09 Å². The van der Waals surface area contributed by atoms with E-state index in [1.54, 1.807) is 30.3 Å². The molecule has 1 saturated carbocycles. The van der Waals surface area contributed by atoms with Crippen molar-refractivity contribution >= 4 is 27.4 Å². The smallest absolute Gasteiger partial charge is 0.409 e. The molecular formula is C25H25FN4O5S. The van der Waals surface area contributed by atoms with Crippen LogP contribution in [0.1, 0.15) is 25.5 Å². The van der Waals surface area contributed by atoms with Gasteiger partial charge in [-0.1, -0.05) is 12.1 Å². The molecule has 1 aliphatic heterocycles. The number of anilines is 2. The summed E-state index contributed by atoms with van der Waals surface area (Å²) < 4.78 is 46.2. The molecule has 1 atom stereocenters. The molecule has 11 heteroatoms. The normalized spacial score (nSPS) is 19.1. The molecule has 1 saturated heterocycles. The Morgan fingerprint density at radius 2 is 1.89 bits per heavy atom. The van der Waals surface area contributed by atoms with Crippen molar-refractivity contribution in [2.45, 2.75) is 35.4 Å². The number of carbonyl (C=O) groups is 1. The largest absolute Gasteiger partial charge is 0.465 e. The van der Waals surface area contributed by atoms with Crippen LogP contribution < -0.4 is 10.2 Å². The minimum absolute atomic E-state index is 0.00909. The number of morpholine rings is 1. The third-order valence-electron chi connectivity index (χ3n) is 6.58. The zero-order valence-electron chi connectivity index (χ0n) is 19.5. The van der Waals surface area contributed by atoms with Crippen molar-refractivity contribution in [1.82, 2.24) is 9.97 Å². The first-order chi connectivity index (χ1) is 17.2. The van der Waals surface area contributed by atoms with Crippen LogP contribution in [0.25, 0.3) is 11.4 Å². The van der Waals surface area contributed by atoms with Gasteiger partial charge in [-0.15, -0.1) is 0 Å². The maximum Gasteiger partial charge on any atom is 0.409 e. The Labute approximate surface area is 207 Å². The summed E-state index contributed by atoms with van der Waals surface area (Å²) in [4.78, 5) is 22.0. The Morgan fingerprint density at radius 3 is 2.53 bits per heavy atom. The lowest BCUT2D eigenvalue weighted by atomic mass is 10.1.